The fourth-order valence-corrected chi connectivity index (χ4v) is 2.01. The third-order valence-electron chi connectivity index (χ3n) is 3.20. The number of benzene rings is 1. The van der Waals surface area contributed by atoms with E-state index >= 15 is 0 Å². The van der Waals surface area contributed by atoms with Gasteiger partial charge in [-0.1, -0.05) is 6.92 Å². The van der Waals surface area contributed by atoms with Crippen LogP contribution in [0.2, 0.25) is 0 Å². The maximum Gasteiger partial charge on any atom is 0.323 e. The van der Waals surface area contributed by atoms with Gasteiger partial charge in [0.2, 0.25) is 0 Å². The van der Waals surface area contributed by atoms with E-state index in [0.717, 1.165) is 6.07 Å². The van der Waals surface area contributed by atoms with E-state index in [1.807, 2.05) is 6.92 Å². The lowest BCUT2D eigenvalue weighted by Gasteiger charge is -2.26. The van der Waals surface area contributed by atoms with Crippen LogP contribution in [0, 0.1) is 0 Å². The molecular formula is C13H19NO5. The molecule has 19 heavy (non-hydrogen) atoms. The second-order valence-electron chi connectivity index (χ2n) is 4.93. The summed E-state index contributed by atoms with van der Waals surface area (Å²) < 4.78 is 0. The highest BCUT2D eigenvalue weighted by atomic mass is 16.4. The molecule has 0 aliphatic rings. The van der Waals surface area contributed by atoms with Crippen LogP contribution in [-0.4, -0.2) is 31.9 Å². The zero-order chi connectivity index (χ0) is 14.8. The van der Waals surface area contributed by atoms with Gasteiger partial charge in [-0.15, -0.1) is 0 Å². The highest BCUT2D eigenvalue weighted by Crippen LogP contribution is 2.41. The predicted octanol–water partition coefficient (Wildman–Crippen LogP) is 1.49. The highest BCUT2D eigenvalue weighted by Gasteiger charge is 2.32. The average Bonchev–Trinajstić information content (AvgIpc) is 2.30. The Morgan fingerprint density at radius 1 is 1.37 bits per heavy atom. The number of phenols is 3. The first-order valence-electron chi connectivity index (χ1n) is 5.96. The first-order chi connectivity index (χ1) is 8.69. The molecule has 6 heteroatoms. The molecule has 0 aromatic heterocycles. The second-order valence-corrected chi connectivity index (χ2v) is 4.93. The van der Waals surface area contributed by atoms with Crippen molar-refractivity contribution in [3.63, 3.8) is 0 Å². The molecule has 2 atom stereocenters. The fraction of sp³-hybridized carbons (Fsp3) is 0.462. The molecule has 0 bridgehead atoms. The van der Waals surface area contributed by atoms with Crippen LogP contribution < -0.4 is 5.73 Å². The summed E-state index contributed by atoms with van der Waals surface area (Å²) in [5.41, 5.74) is 4.53. The first-order valence-corrected chi connectivity index (χ1v) is 5.96. The molecule has 6 nitrogen and oxygen atoms in total. The standard InChI is InChI=1S/C13H19NO5/c1-3-7(6-13(2,14)12(18)19)9-4-8(15)5-10(16)11(9)17/h4-5,7,15-17H,3,6,14H2,1-2H3,(H,18,19). The summed E-state index contributed by atoms with van der Waals surface area (Å²) in [5.74, 6) is -2.52. The number of aliphatic carboxylic acids is 1. The van der Waals surface area contributed by atoms with Crippen LogP contribution in [0.25, 0.3) is 0 Å². The molecule has 2 unspecified atom stereocenters. The quantitative estimate of drug-likeness (QED) is 0.407. The van der Waals surface area contributed by atoms with Crippen molar-refractivity contribution in [2.24, 2.45) is 5.73 Å². The molecule has 0 spiro atoms. The Labute approximate surface area is 111 Å². The van der Waals surface area contributed by atoms with Gasteiger partial charge in [0.15, 0.2) is 11.5 Å². The minimum absolute atomic E-state index is 0.0787. The summed E-state index contributed by atoms with van der Waals surface area (Å²) in [6, 6.07) is 2.32. The molecule has 0 heterocycles. The molecule has 0 radical (unpaired) electrons. The maximum atomic E-state index is 11.0. The fourth-order valence-electron chi connectivity index (χ4n) is 2.01. The topological polar surface area (TPSA) is 124 Å². The molecular weight excluding hydrogens is 250 g/mol. The van der Waals surface area contributed by atoms with Crippen LogP contribution in [0.5, 0.6) is 17.2 Å². The number of nitrogens with two attached hydrogens (primary N) is 1. The van der Waals surface area contributed by atoms with Gasteiger partial charge in [0.1, 0.15) is 11.3 Å². The Balaban J connectivity index is 3.15. The van der Waals surface area contributed by atoms with E-state index in [0.29, 0.717) is 6.42 Å². The average molecular weight is 269 g/mol. The Morgan fingerprint density at radius 3 is 2.42 bits per heavy atom. The third-order valence-corrected chi connectivity index (χ3v) is 3.20. The van der Waals surface area contributed by atoms with Gasteiger partial charge >= 0.3 is 5.97 Å². The molecule has 1 aromatic rings. The van der Waals surface area contributed by atoms with Crippen molar-refractivity contribution in [2.75, 3.05) is 0 Å². The molecule has 0 amide bonds. The lowest BCUT2D eigenvalue weighted by molar-refractivity contribution is -0.143. The lowest BCUT2D eigenvalue weighted by Crippen LogP contribution is -2.45. The number of carboxylic acids is 1. The van der Waals surface area contributed by atoms with Gasteiger partial charge in [-0.25, -0.2) is 0 Å². The Bertz CT molecular complexity index is 484. The van der Waals surface area contributed by atoms with Crippen LogP contribution in [0.4, 0.5) is 0 Å². The number of hydrogen-bond acceptors (Lipinski definition) is 5. The van der Waals surface area contributed by atoms with Crippen LogP contribution >= 0.6 is 0 Å². The van der Waals surface area contributed by atoms with Gasteiger partial charge < -0.3 is 26.2 Å². The molecule has 0 saturated carbocycles. The van der Waals surface area contributed by atoms with Crippen molar-refractivity contribution in [1.29, 1.82) is 0 Å². The van der Waals surface area contributed by atoms with Gasteiger partial charge in [-0.05, 0) is 31.7 Å². The molecule has 0 saturated heterocycles. The molecule has 0 aliphatic heterocycles. The van der Waals surface area contributed by atoms with Gasteiger partial charge in [0.25, 0.3) is 0 Å². The molecule has 1 rings (SSSR count). The van der Waals surface area contributed by atoms with E-state index in [9.17, 15) is 20.1 Å². The van der Waals surface area contributed by atoms with Crippen LogP contribution in [0.15, 0.2) is 12.1 Å². The zero-order valence-corrected chi connectivity index (χ0v) is 10.9. The predicted molar refractivity (Wildman–Crippen MR) is 69.3 cm³/mol. The number of phenolic OH excluding ortho intramolecular Hbond substituents is 3. The van der Waals surface area contributed by atoms with Crippen molar-refractivity contribution in [3.8, 4) is 17.2 Å². The van der Waals surface area contributed by atoms with E-state index in [4.69, 9.17) is 10.8 Å². The molecule has 0 fully saturated rings. The summed E-state index contributed by atoms with van der Waals surface area (Å²) >= 11 is 0. The van der Waals surface area contributed by atoms with Gasteiger partial charge in [-0.3, -0.25) is 4.79 Å². The Morgan fingerprint density at radius 2 is 1.95 bits per heavy atom. The summed E-state index contributed by atoms with van der Waals surface area (Å²) in [4.78, 5) is 11.0. The highest BCUT2D eigenvalue weighted by molar-refractivity contribution is 5.78. The van der Waals surface area contributed by atoms with Crippen LogP contribution in [-0.2, 0) is 4.79 Å². The van der Waals surface area contributed by atoms with Crippen molar-refractivity contribution >= 4 is 5.97 Å². The van der Waals surface area contributed by atoms with Crippen molar-refractivity contribution in [2.45, 2.75) is 38.1 Å². The number of aromatic hydroxyl groups is 3. The van der Waals surface area contributed by atoms with Gasteiger partial charge in [-0.2, -0.15) is 0 Å². The van der Waals surface area contributed by atoms with E-state index in [2.05, 4.69) is 0 Å². The van der Waals surface area contributed by atoms with E-state index in [1.165, 1.54) is 13.0 Å². The maximum absolute atomic E-state index is 11.0. The first kappa shape index (κ1) is 15.1. The second kappa shape index (κ2) is 5.36. The van der Waals surface area contributed by atoms with Crippen LogP contribution in [0.3, 0.4) is 0 Å². The minimum Gasteiger partial charge on any atom is -0.508 e. The zero-order valence-electron chi connectivity index (χ0n) is 10.9. The lowest BCUT2D eigenvalue weighted by atomic mass is 9.83. The van der Waals surface area contributed by atoms with Gasteiger partial charge in [0, 0.05) is 11.6 Å². The van der Waals surface area contributed by atoms with E-state index < -0.39 is 17.3 Å². The summed E-state index contributed by atoms with van der Waals surface area (Å²) in [6.07, 6.45) is 0.589. The smallest absolute Gasteiger partial charge is 0.323 e. The van der Waals surface area contributed by atoms with Crippen molar-refractivity contribution in [3.05, 3.63) is 17.7 Å². The summed E-state index contributed by atoms with van der Waals surface area (Å²) in [5, 5.41) is 37.8. The van der Waals surface area contributed by atoms with Crippen LogP contribution in [0.1, 0.15) is 38.2 Å². The van der Waals surface area contributed by atoms with Crippen molar-refractivity contribution in [1.82, 2.24) is 0 Å². The summed E-state index contributed by atoms with van der Waals surface area (Å²) in [6.45, 7) is 3.20. The number of rotatable bonds is 5. The SMILES string of the molecule is CCC(CC(C)(N)C(=O)O)c1cc(O)cc(O)c1O. The molecule has 106 valence electrons. The Kier molecular flexibility index (Phi) is 4.26. The molecule has 1 aromatic carbocycles. The van der Waals surface area contributed by atoms with Gasteiger partial charge in [0.05, 0.1) is 0 Å². The number of carbonyl (C=O) groups is 1. The van der Waals surface area contributed by atoms with E-state index in [-0.39, 0.29) is 29.4 Å². The van der Waals surface area contributed by atoms with Crippen molar-refractivity contribution < 1.29 is 25.2 Å². The normalized spacial score (nSPS) is 15.7. The molecule has 6 N–H and O–H groups in total. The Hall–Kier alpha value is -1.95. The molecule has 0 aliphatic carbocycles. The summed E-state index contributed by atoms with van der Waals surface area (Å²) in [7, 11) is 0. The van der Waals surface area contributed by atoms with E-state index in [1.54, 1.807) is 0 Å². The number of carboxylic acid groups (broad SMARTS) is 1. The monoisotopic (exact) mass is 269 g/mol. The third kappa shape index (κ3) is 3.29. The minimum atomic E-state index is -1.45. The largest absolute Gasteiger partial charge is 0.508 e. The number of hydrogen-bond donors (Lipinski definition) is 5.